The Labute approximate surface area is 180 Å². The van der Waals surface area contributed by atoms with E-state index >= 15 is 0 Å². The van der Waals surface area contributed by atoms with Crippen LogP contribution in [-0.4, -0.2) is 68.8 Å². The molecule has 0 unspecified atom stereocenters. The molecule has 0 aliphatic carbocycles. The molecule has 2 saturated heterocycles. The van der Waals surface area contributed by atoms with Gasteiger partial charge in [-0.2, -0.15) is 0 Å². The third kappa shape index (κ3) is 7.87. The number of anilines is 1. The molecule has 2 aliphatic rings. The second-order valence-corrected chi connectivity index (χ2v) is 8.35. The van der Waals surface area contributed by atoms with Crippen molar-refractivity contribution in [3.63, 3.8) is 0 Å². The highest BCUT2D eigenvalue weighted by Gasteiger charge is 2.25. The summed E-state index contributed by atoms with van der Waals surface area (Å²) in [6.45, 7) is 6.85. The lowest BCUT2D eigenvalue weighted by Gasteiger charge is -2.31. The van der Waals surface area contributed by atoms with Gasteiger partial charge < -0.3 is 30.1 Å². The van der Waals surface area contributed by atoms with E-state index in [-0.39, 0.29) is 18.1 Å². The molecule has 1 aromatic carbocycles. The lowest BCUT2D eigenvalue weighted by atomic mass is 10.0. The zero-order valence-electron chi connectivity index (χ0n) is 18.1. The first-order chi connectivity index (χ1) is 14.6. The molecule has 168 valence electrons. The Kier molecular flexibility index (Phi) is 9.39. The van der Waals surface area contributed by atoms with Crippen molar-refractivity contribution < 1.29 is 19.4 Å². The molecule has 7 nitrogen and oxygen atoms in total. The SMILES string of the molecule is C[C@@H]1C[C@H](NCCC(=O)NCCCCc2ccc(N3CCOCC3)cc2)C[C@H](O)O1. The van der Waals surface area contributed by atoms with Crippen LogP contribution in [-0.2, 0) is 20.7 Å². The minimum atomic E-state index is -0.698. The third-order valence-electron chi connectivity index (χ3n) is 5.80. The molecule has 7 heteroatoms. The van der Waals surface area contributed by atoms with E-state index in [1.54, 1.807) is 0 Å². The van der Waals surface area contributed by atoms with E-state index in [1.807, 2.05) is 6.92 Å². The summed E-state index contributed by atoms with van der Waals surface area (Å²) in [4.78, 5) is 14.4. The number of benzene rings is 1. The molecule has 0 saturated carbocycles. The van der Waals surface area contributed by atoms with Crippen molar-refractivity contribution in [3.8, 4) is 0 Å². The number of aryl methyl sites for hydroxylation is 1. The summed E-state index contributed by atoms with van der Waals surface area (Å²) < 4.78 is 10.7. The van der Waals surface area contributed by atoms with E-state index in [9.17, 15) is 9.90 Å². The van der Waals surface area contributed by atoms with Crippen LogP contribution in [0.4, 0.5) is 5.69 Å². The number of rotatable bonds is 10. The summed E-state index contributed by atoms with van der Waals surface area (Å²) in [6, 6.07) is 9.04. The normalized spacial score (nSPS) is 24.6. The number of aliphatic hydroxyl groups excluding tert-OH is 1. The molecule has 1 amide bonds. The van der Waals surface area contributed by atoms with Crippen LogP contribution >= 0.6 is 0 Å². The molecule has 3 atom stereocenters. The van der Waals surface area contributed by atoms with Gasteiger partial charge in [0.25, 0.3) is 0 Å². The minimum Gasteiger partial charge on any atom is -0.378 e. The van der Waals surface area contributed by atoms with E-state index < -0.39 is 6.29 Å². The summed E-state index contributed by atoms with van der Waals surface area (Å²) in [5.74, 6) is 0.0815. The molecule has 30 heavy (non-hydrogen) atoms. The Hall–Kier alpha value is -1.67. The number of carbonyl (C=O) groups is 1. The summed E-state index contributed by atoms with van der Waals surface area (Å²) in [5.41, 5.74) is 2.61. The van der Waals surface area contributed by atoms with Gasteiger partial charge in [-0.25, -0.2) is 0 Å². The van der Waals surface area contributed by atoms with E-state index in [0.29, 0.717) is 19.4 Å². The standard InChI is InChI=1S/C23H37N3O4/c1-18-16-20(17-23(28)30-18)24-11-9-22(27)25-10-3-2-4-19-5-7-21(8-6-19)26-12-14-29-15-13-26/h5-8,18,20,23-24,28H,2-4,9-17H2,1H3,(H,25,27)/t18-,20+,23-/m1/s1. The van der Waals surface area contributed by atoms with E-state index in [2.05, 4.69) is 39.8 Å². The number of carbonyl (C=O) groups excluding carboxylic acids is 1. The predicted molar refractivity (Wildman–Crippen MR) is 118 cm³/mol. The van der Waals surface area contributed by atoms with Gasteiger partial charge in [0.15, 0.2) is 6.29 Å². The van der Waals surface area contributed by atoms with Crippen LogP contribution in [0.3, 0.4) is 0 Å². The maximum Gasteiger partial charge on any atom is 0.221 e. The molecular formula is C23H37N3O4. The topological polar surface area (TPSA) is 83.1 Å². The van der Waals surface area contributed by atoms with Gasteiger partial charge >= 0.3 is 0 Å². The maximum atomic E-state index is 12.0. The first kappa shape index (κ1) is 23.0. The van der Waals surface area contributed by atoms with Crippen LogP contribution in [0, 0.1) is 0 Å². The average molecular weight is 420 g/mol. The molecule has 2 aliphatic heterocycles. The average Bonchev–Trinajstić information content (AvgIpc) is 2.74. The van der Waals surface area contributed by atoms with Gasteiger partial charge in [0.2, 0.25) is 5.91 Å². The van der Waals surface area contributed by atoms with E-state index in [1.165, 1.54) is 11.3 Å². The molecule has 3 N–H and O–H groups in total. The van der Waals surface area contributed by atoms with Gasteiger partial charge in [-0.15, -0.1) is 0 Å². The van der Waals surface area contributed by atoms with Crippen LogP contribution < -0.4 is 15.5 Å². The van der Waals surface area contributed by atoms with E-state index in [0.717, 1.165) is 58.5 Å². The molecule has 3 rings (SSSR count). The van der Waals surface area contributed by atoms with Crippen molar-refractivity contribution in [1.82, 2.24) is 10.6 Å². The molecule has 2 fully saturated rings. The predicted octanol–water partition coefficient (Wildman–Crippen LogP) is 1.83. The van der Waals surface area contributed by atoms with Gasteiger partial charge in [-0.1, -0.05) is 12.1 Å². The van der Waals surface area contributed by atoms with Crippen molar-refractivity contribution in [3.05, 3.63) is 29.8 Å². The number of unbranched alkanes of at least 4 members (excludes halogenated alkanes) is 1. The Morgan fingerprint density at radius 3 is 2.63 bits per heavy atom. The molecular weight excluding hydrogens is 382 g/mol. The Morgan fingerprint density at radius 1 is 1.13 bits per heavy atom. The number of nitrogens with zero attached hydrogens (tertiary/aromatic N) is 1. The zero-order chi connectivity index (χ0) is 21.2. The smallest absolute Gasteiger partial charge is 0.221 e. The molecule has 0 aromatic heterocycles. The van der Waals surface area contributed by atoms with Gasteiger partial charge in [0.05, 0.1) is 19.3 Å². The number of hydrogen-bond donors (Lipinski definition) is 3. The second-order valence-electron chi connectivity index (χ2n) is 8.35. The monoisotopic (exact) mass is 419 g/mol. The molecule has 0 bridgehead atoms. The highest BCUT2D eigenvalue weighted by molar-refractivity contribution is 5.76. The van der Waals surface area contributed by atoms with Crippen LogP contribution in [0.1, 0.15) is 44.6 Å². The second kappa shape index (κ2) is 12.2. The largest absolute Gasteiger partial charge is 0.378 e. The third-order valence-corrected chi connectivity index (χ3v) is 5.80. The number of nitrogens with one attached hydrogen (secondary N) is 2. The van der Waals surface area contributed by atoms with Crippen molar-refractivity contribution in [2.75, 3.05) is 44.3 Å². The molecule has 1 aromatic rings. The molecule has 0 spiro atoms. The summed E-state index contributed by atoms with van der Waals surface area (Å²) in [5, 5.41) is 16.0. The van der Waals surface area contributed by atoms with E-state index in [4.69, 9.17) is 9.47 Å². The highest BCUT2D eigenvalue weighted by atomic mass is 16.6. The zero-order valence-corrected chi connectivity index (χ0v) is 18.1. The lowest BCUT2D eigenvalue weighted by Crippen LogP contribution is -2.43. The maximum absolute atomic E-state index is 12.0. The van der Waals surface area contributed by atoms with Crippen LogP contribution in [0.5, 0.6) is 0 Å². The summed E-state index contributed by atoms with van der Waals surface area (Å²) in [6.07, 6.45) is 4.34. The van der Waals surface area contributed by atoms with Crippen LogP contribution in [0.25, 0.3) is 0 Å². The quantitative estimate of drug-likeness (QED) is 0.502. The number of ether oxygens (including phenoxy) is 2. The highest BCUT2D eigenvalue weighted by Crippen LogP contribution is 2.18. The van der Waals surface area contributed by atoms with Crippen LogP contribution in [0.15, 0.2) is 24.3 Å². The van der Waals surface area contributed by atoms with Crippen molar-refractivity contribution >= 4 is 11.6 Å². The van der Waals surface area contributed by atoms with Crippen molar-refractivity contribution in [2.45, 2.75) is 63.9 Å². The fourth-order valence-electron chi connectivity index (χ4n) is 4.14. The van der Waals surface area contributed by atoms with Gasteiger partial charge in [-0.05, 0) is 50.3 Å². The van der Waals surface area contributed by atoms with Gasteiger partial charge in [0, 0.05) is 50.7 Å². The number of amides is 1. The van der Waals surface area contributed by atoms with Gasteiger partial charge in [-0.3, -0.25) is 4.79 Å². The minimum absolute atomic E-state index is 0.0515. The fourth-order valence-corrected chi connectivity index (χ4v) is 4.14. The number of morpholine rings is 1. The molecule has 2 heterocycles. The van der Waals surface area contributed by atoms with Crippen molar-refractivity contribution in [2.24, 2.45) is 0 Å². The first-order valence-corrected chi connectivity index (χ1v) is 11.4. The number of hydrogen-bond acceptors (Lipinski definition) is 6. The summed E-state index contributed by atoms with van der Waals surface area (Å²) in [7, 11) is 0. The van der Waals surface area contributed by atoms with Gasteiger partial charge in [0.1, 0.15) is 0 Å². The molecule has 0 radical (unpaired) electrons. The summed E-state index contributed by atoms with van der Waals surface area (Å²) >= 11 is 0. The van der Waals surface area contributed by atoms with Crippen molar-refractivity contribution in [1.29, 1.82) is 0 Å². The fraction of sp³-hybridized carbons (Fsp3) is 0.696. The first-order valence-electron chi connectivity index (χ1n) is 11.4. The Morgan fingerprint density at radius 2 is 1.90 bits per heavy atom. The Balaban J connectivity index is 1.22. The lowest BCUT2D eigenvalue weighted by molar-refractivity contribution is -0.164. The Bertz CT molecular complexity index is 624. The number of aliphatic hydroxyl groups is 1. The van der Waals surface area contributed by atoms with Crippen LogP contribution in [0.2, 0.25) is 0 Å².